The largest absolute Gasteiger partial charge is 0.464 e. The van der Waals surface area contributed by atoms with Gasteiger partial charge in [0.1, 0.15) is 5.58 Å². The smallest absolute Gasteiger partial charge is 0.249 e. The number of nitrogens with one attached hydrogen (secondary N) is 1. The van der Waals surface area contributed by atoms with E-state index in [1.165, 1.54) is 0 Å². The highest BCUT2D eigenvalue weighted by molar-refractivity contribution is 6.05. The lowest BCUT2D eigenvalue weighted by Gasteiger charge is -2.11. The molecule has 3 heteroatoms. The molecule has 0 spiro atoms. The van der Waals surface area contributed by atoms with Crippen LogP contribution in [0.4, 0.5) is 0 Å². The lowest BCUT2D eigenvalue weighted by molar-refractivity contribution is 0.611. The minimum atomic E-state index is -0.0959. The van der Waals surface area contributed by atoms with Gasteiger partial charge in [-0.2, -0.15) is 0 Å². The van der Waals surface area contributed by atoms with Gasteiger partial charge < -0.3 is 9.40 Å². The Balaban J connectivity index is 2.22. The molecule has 1 N–H and O–H groups in total. The first-order valence-electron chi connectivity index (χ1n) is 7.66. The van der Waals surface area contributed by atoms with Crippen molar-refractivity contribution in [3.8, 4) is 11.1 Å². The molecule has 2 aromatic heterocycles. The molecular weight excluding hydrogens is 286 g/mol. The number of furan rings is 1. The maximum absolute atomic E-state index is 12.2. The number of benzene rings is 2. The second-order valence-electron chi connectivity index (χ2n) is 6.08. The van der Waals surface area contributed by atoms with Crippen molar-refractivity contribution in [2.24, 2.45) is 0 Å². The van der Waals surface area contributed by atoms with Gasteiger partial charge in [-0.3, -0.25) is 4.79 Å². The van der Waals surface area contributed by atoms with Crippen LogP contribution >= 0.6 is 0 Å². The number of rotatable bonds is 1. The van der Waals surface area contributed by atoms with E-state index >= 15 is 0 Å². The summed E-state index contributed by atoms with van der Waals surface area (Å²) in [5.74, 6) is 0. The first kappa shape index (κ1) is 13.8. The highest BCUT2D eigenvalue weighted by Gasteiger charge is 2.14. The van der Waals surface area contributed by atoms with Gasteiger partial charge in [0.05, 0.1) is 11.8 Å². The van der Waals surface area contributed by atoms with Gasteiger partial charge in [-0.05, 0) is 49.1 Å². The quantitative estimate of drug-likeness (QED) is 0.545. The Kier molecular flexibility index (Phi) is 2.91. The second-order valence-corrected chi connectivity index (χ2v) is 6.08. The van der Waals surface area contributed by atoms with Crippen LogP contribution in [-0.4, -0.2) is 4.98 Å². The summed E-state index contributed by atoms with van der Waals surface area (Å²) in [4.78, 5) is 15.2. The predicted molar refractivity (Wildman–Crippen MR) is 94.0 cm³/mol. The summed E-state index contributed by atoms with van der Waals surface area (Å²) in [6, 6.07) is 11.9. The van der Waals surface area contributed by atoms with Crippen LogP contribution < -0.4 is 5.56 Å². The Bertz CT molecular complexity index is 1120. The van der Waals surface area contributed by atoms with E-state index in [-0.39, 0.29) is 5.56 Å². The van der Waals surface area contributed by atoms with Crippen molar-refractivity contribution in [1.82, 2.24) is 4.98 Å². The summed E-state index contributed by atoms with van der Waals surface area (Å²) < 4.78 is 5.67. The Morgan fingerprint density at radius 1 is 0.913 bits per heavy atom. The minimum Gasteiger partial charge on any atom is -0.464 e. The van der Waals surface area contributed by atoms with Crippen molar-refractivity contribution < 1.29 is 4.42 Å². The van der Waals surface area contributed by atoms with E-state index in [2.05, 4.69) is 30.1 Å². The third-order valence-electron chi connectivity index (χ3n) is 4.55. The molecule has 114 valence electrons. The standard InChI is InChI=1S/C20H17NO2/c1-11-6-4-5-7-14(11)16-9-18(22)21-19-13(3)20-15(8-17(16)19)12(2)10-23-20/h4-10H,1-3H3,(H,21,22). The first-order chi connectivity index (χ1) is 11.1. The van der Waals surface area contributed by atoms with E-state index in [0.717, 1.165) is 49.7 Å². The summed E-state index contributed by atoms with van der Waals surface area (Å²) >= 11 is 0. The highest BCUT2D eigenvalue weighted by atomic mass is 16.3. The molecule has 2 heterocycles. The summed E-state index contributed by atoms with van der Waals surface area (Å²) in [6.45, 7) is 6.10. The molecule has 0 saturated carbocycles. The van der Waals surface area contributed by atoms with Crippen LogP contribution in [0.1, 0.15) is 16.7 Å². The molecule has 4 aromatic rings. The molecule has 0 aliphatic carbocycles. The second kappa shape index (κ2) is 4.85. The monoisotopic (exact) mass is 303 g/mol. The van der Waals surface area contributed by atoms with Gasteiger partial charge in [0.25, 0.3) is 0 Å². The van der Waals surface area contributed by atoms with E-state index in [1.54, 1.807) is 12.3 Å². The van der Waals surface area contributed by atoms with Gasteiger partial charge in [0, 0.05) is 22.4 Å². The predicted octanol–water partition coefficient (Wildman–Crippen LogP) is 4.87. The fraction of sp³-hybridized carbons (Fsp3) is 0.150. The van der Waals surface area contributed by atoms with Crippen LogP contribution in [0.15, 0.2) is 51.9 Å². The zero-order chi connectivity index (χ0) is 16.1. The Morgan fingerprint density at radius 3 is 2.48 bits per heavy atom. The Hall–Kier alpha value is -2.81. The number of aromatic nitrogens is 1. The minimum absolute atomic E-state index is 0.0959. The zero-order valence-corrected chi connectivity index (χ0v) is 13.4. The van der Waals surface area contributed by atoms with Gasteiger partial charge in [-0.1, -0.05) is 24.3 Å². The number of aryl methyl sites for hydroxylation is 3. The van der Waals surface area contributed by atoms with Crippen molar-refractivity contribution >= 4 is 21.9 Å². The lowest BCUT2D eigenvalue weighted by Crippen LogP contribution is -2.06. The average molecular weight is 303 g/mol. The van der Waals surface area contributed by atoms with Gasteiger partial charge in [-0.25, -0.2) is 0 Å². The van der Waals surface area contributed by atoms with E-state index < -0.39 is 0 Å². The van der Waals surface area contributed by atoms with Crippen molar-refractivity contribution in [2.45, 2.75) is 20.8 Å². The molecule has 0 fully saturated rings. The fourth-order valence-electron chi connectivity index (χ4n) is 3.29. The van der Waals surface area contributed by atoms with Crippen LogP contribution in [0.25, 0.3) is 33.0 Å². The third kappa shape index (κ3) is 2.00. The summed E-state index contributed by atoms with van der Waals surface area (Å²) in [5, 5.41) is 2.14. The van der Waals surface area contributed by atoms with Crippen molar-refractivity contribution in [3.63, 3.8) is 0 Å². The van der Waals surface area contributed by atoms with Crippen molar-refractivity contribution in [2.75, 3.05) is 0 Å². The molecule has 4 rings (SSSR count). The molecule has 0 unspecified atom stereocenters. The van der Waals surface area contributed by atoms with E-state index in [9.17, 15) is 4.79 Å². The Labute approximate surface area is 133 Å². The molecule has 0 aliphatic rings. The van der Waals surface area contributed by atoms with Crippen LogP contribution in [-0.2, 0) is 0 Å². The number of pyridine rings is 1. The number of hydrogen-bond acceptors (Lipinski definition) is 2. The maximum Gasteiger partial charge on any atom is 0.249 e. The number of H-pyrrole nitrogens is 1. The average Bonchev–Trinajstić information content (AvgIpc) is 2.90. The first-order valence-corrected chi connectivity index (χ1v) is 7.66. The SMILES string of the molecule is Cc1ccccc1-c1cc(=O)[nH]c2c(C)c3occ(C)c3cc12. The molecule has 23 heavy (non-hydrogen) atoms. The van der Waals surface area contributed by atoms with Gasteiger partial charge in [-0.15, -0.1) is 0 Å². The molecule has 0 amide bonds. The molecule has 0 atom stereocenters. The van der Waals surface area contributed by atoms with E-state index in [1.807, 2.05) is 26.0 Å². The molecule has 0 saturated heterocycles. The van der Waals surface area contributed by atoms with Crippen LogP contribution in [0.3, 0.4) is 0 Å². The van der Waals surface area contributed by atoms with Crippen LogP contribution in [0, 0.1) is 20.8 Å². The highest BCUT2D eigenvalue weighted by Crippen LogP contribution is 2.35. The van der Waals surface area contributed by atoms with Gasteiger partial charge >= 0.3 is 0 Å². The number of hydrogen-bond donors (Lipinski definition) is 1. The fourth-order valence-corrected chi connectivity index (χ4v) is 3.29. The van der Waals surface area contributed by atoms with E-state index in [4.69, 9.17) is 4.42 Å². The van der Waals surface area contributed by atoms with Crippen LogP contribution in [0.2, 0.25) is 0 Å². The van der Waals surface area contributed by atoms with Gasteiger partial charge in [0.15, 0.2) is 0 Å². The molecule has 0 aliphatic heterocycles. The normalized spacial score (nSPS) is 11.4. The summed E-state index contributed by atoms with van der Waals surface area (Å²) in [6.07, 6.45) is 1.77. The van der Waals surface area contributed by atoms with Crippen molar-refractivity contribution in [3.05, 3.63) is 69.7 Å². The maximum atomic E-state index is 12.2. The zero-order valence-electron chi connectivity index (χ0n) is 13.4. The third-order valence-corrected chi connectivity index (χ3v) is 4.55. The molecule has 0 bridgehead atoms. The van der Waals surface area contributed by atoms with Crippen molar-refractivity contribution in [1.29, 1.82) is 0 Å². The number of fused-ring (bicyclic) bond motifs is 2. The molecule has 3 nitrogen and oxygen atoms in total. The van der Waals surface area contributed by atoms with Crippen LogP contribution in [0.5, 0.6) is 0 Å². The van der Waals surface area contributed by atoms with Gasteiger partial charge in [0.2, 0.25) is 5.56 Å². The number of aromatic amines is 1. The Morgan fingerprint density at radius 2 is 1.70 bits per heavy atom. The van der Waals surface area contributed by atoms with E-state index in [0.29, 0.717) is 0 Å². The lowest BCUT2D eigenvalue weighted by atomic mass is 9.95. The molecular formula is C20H17NO2. The molecule has 2 aromatic carbocycles. The summed E-state index contributed by atoms with van der Waals surface area (Å²) in [7, 11) is 0. The topological polar surface area (TPSA) is 46.0 Å². The summed E-state index contributed by atoms with van der Waals surface area (Å²) in [5.41, 5.74) is 6.87. The molecule has 0 radical (unpaired) electrons.